The van der Waals surface area contributed by atoms with Crippen molar-refractivity contribution in [2.45, 2.75) is 46.1 Å². The highest BCUT2D eigenvalue weighted by molar-refractivity contribution is 6.17. The number of rotatable bonds is 5. The number of pyridine rings is 1. The molecule has 4 heteroatoms. The van der Waals surface area contributed by atoms with Crippen LogP contribution in [0, 0.1) is 6.92 Å². The third-order valence-electron chi connectivity index (χ3n) is 3.21. The van der Waals surface area contributed by atoms with Crippen LogP contribution < -0.4 is 0 Å². The molecule has 2 aromatic rings. The van der Waals surface area contributed by atoms with Crippen molar-refractivity contribution in [1.29, 1.82) is 0 Å². The fraction of sp³-hybridized carbons (Fsp3) is 0.571. The molecule has 0 bridgehead atoms. The number of hydrogen-bond donors (Lipinski definition) is 0. The summed E-state index contributed by atoms with van der Waals surface area (Å²) in [5.74, 6) is 1.65. The topological polar surface area (TPSA) is 30.7 Å². The number of halogens is 1. The first-order valence-corrected chi connectivity index (χ1v) is 7.11. The predicted octanol–water partition coefficient (Wildman–Crippen LogP) is 3.88. The largest absolute Gasteiger partial charge is 0.310 e. The molecule has 2 aromatic heterocycles. The zero-order chi connectivity index (χ0) is 13.1. The van der Waals surface area contributed by atoms with Crippen molar-refractivity contribution in [3.8, 4) is 0 Å². The minimum absolute atomic E-state index is 0.424. The van der Waals surface area contributed by atoms with Gasteiger partial charge in [-0.3, -0.25) is 0 Å². The van der Waals surface area contributed by atoms with Gasteiger partial charge >= 0.3 is 0 Å². The van der Waals surface area contributed by atoms with Crippen LogP contribution in [0.15, 0.2) is 12.1 Å². The molecule has 0 spiro atoms. The van der Waals surface area contributed by atoms with Crippen molar-refractivity contribution in [2.75, 3.05) is 5.88 Å². The van der Waals surface area contributed by atoms with E-state index in [9.17, 15) is 0 Å². The monoisotopic (exact) mass is 265 g/mol. The molecular weight excluding hydrogens is 246 g/mol. The molecule has 0 aliphatic heterocycles. The number of hydrogen-bond acceptors (Lipinski definition) is 2. The Morgan fingerprint density at radius 1 is 1.33 bits per heavy atom. The average Bonchev–Trinajstić information content (AvgIpc) is 2.67. The summed E-state index contributed by atoms with van der Waals surface area (Å²) in [6.45, 7) is 6.45. The number of imidazole rings is 1. The van der Waals surface area contributed by atoms with Gasteiger partial charge in [0.05, 0.1) is 0 Å². The van der Waals surface area contributed by atoms with Gasteiger partial charge in [0.2, 0.25) is 0 Å². The van der Waals surface area contributed by atoms with E-state index in [1.54, 1.807) is 0 Å². The lowest BCUT2D eigenvalue weighted by Gasteiger charge is -2.16. The Kier molecular flexibility index (Phi) is 4.23. The van der Waals surface area contributed by atoms with Crippen LogP contribution in [0.5, 0.6) is 0 Å². The summed E-state index contributed by atoms with van der Waals surface area (Å²) in [6.07, 6.45) is 3.09. The molecule has 0 saturated heterocycles. The third-order valence-corrected chi connectivity index (χ3v) is 3.40. The summed E-state index contributed by atoms with van der Waals surface area (Å²) in [4.78, 5) is 9.30. The van der Waals surface area contributed by atoms with Gasteiger partial charge in [0.15, 0.2) is 5.65 Å². The molecule has 98 valence electrons. The van der Waals surface area contributed by atoms with Crippen LogP contribution in [-0.4, -0.2) is 20.4 Å². The van der Waals surface area contributed by atoms with Crippen LogP contribution in [-0.2, 0) is 6.42 Å². The molecule has 18 heavy (non-hydrogen) atoms. The maximum atomic E-state index is 5.87. The number of nitrogens with zero attached hydrogens (tertiary/aromatic N) is 3. The summed E-state index contributed by atoms with van der Waals surface area (Å²) >= 11 is 5.87. The zero-order valence-electron chi connectivity index (χ0n) is 11.3. The standard InChI is InChI=1S/C14H20ClN3/c1-4-5-11(3)18-13(8-9-15)17-12-7-6-10(2)16-14(12)18/h6-7,11H,4-5,8-9H2,1-3H3. The molecule has 0 amide bonds. The van der Waals surface area contributed by atoms with Gasteiger partial charge in [0.1, 0.15) is 11.3 Å². The molecule has 2 rings (SSSR count). The number of alkyl halides is 1. The Morgan fingerprint density at radius 2 is 2.11 bits per heavy atom. The first-order valence-electron chi connectivity index (χ1n) is 6.57. The fourth-order valence-electron chi connectivity index (χ4n) is 2.39. The predicted molar refractivity (Wildman–Crippen MR) is 76.3 cm³/mol. The first kappa shape index (κ1) is 13.3. The second-order valence-electron chi connectivity index (χ2n) is 4.77. The van der Waals surface area contributed by atoms with Gasteiger partial charge in [-0.2, -0.15) is 0 Å². The highest BCUT2D eigenvalue weighted by atomic mass is 35.5. The summed E-state index contributed by atoms with van der Waals surface area (Å²) in [5.41, 5.74) is 3.00. The number of aromatic nitrogens is 3. The van der Waals surface area contributed by atoms with Gasteiger partial charge in [-0.1, -0.05) is 13.3 Å². The van der Waals surface area contributed by atoms with Crippen molar-refractivity contribution in [1.82, 2.24) is 14.5 Å². The molecule has 0 N–H and O–H groups in total. The van der Waals surface area contributed by atoms with E-state index in [1.807, 2.05) is 19.1 Å². The van der Waals surface area contributed by atoms with Gasteiger partial charge in [-0.25, -0.2) is 9.97 Å². The molecular formula is C14H20ClN3. The highest BCUT2D eigenvalue weighted by Gasteiger charge is 2.16. The number of fused-ring (bicyclic) bond motifs is 1. The molecule has 0 radical (unpaired) electrons. The Morgan fingerprint density at radius 3 is 2.78 bits per heavy atom. The van der Waals surface area contributed by atoms with Gasteiger partial charge in [-0.15, -0.1) is 11.6 Å². The second kappa shape index (κ2) is 5.70. The molecule has 2 heterocycles. The molecule has 0 aliphatic carbocycles. The van der Waals surface area contributed by atoms with E-state index >= 15 is 0 Å². The quantitative estimate of drug-likeness (QED) is 0.768. The molecule has 1 unspecified atom stereocenters. The van der Waals surface area contributed by atoms with Crippen molar-refractivity contribution in [2.24, 2.45) is 0 Å². The molecule has 3 nitrogen and oxygen atoms in total. The SMILES string of the molecule is CCCC(C)n1c(CCCl)nc2ccc(C)nc21. The molecule has 1 atom stereocenters. The maximum absolute atomic E-state index is 5.87. The maximum Gasteiger partial charge on any atom is 0.160 e. The van der Waals surface area contributed by atoms with E-state index in [4.69, 9.17) is 11.6 Å². The van der Waals surface area contributed by atoms with Crippen LogP contribution in [0.3, 0.4) is 0 Å². The van der Waals surface area contributed by atoms with Crippen molar-refractivity contribution in [3.05, 3.63) is 23.7 Å². The Hall–Kier alpha value is -1.09. The Labute approximate surface area is 113 Å². The molecule has 0 aliphatic rings. The van der Waals surface area contributed by atoms with Crippen LogP contribution in [0.4, 0.5) is 0 Å². The van der Waals surface area contributed by atoms with Crippen LogP contribution in [0.1, 0.15) is 44.2 Å². The summed E-state index contributed by atoms with van der Waals surface area (Å²) in [6, 6.07) is 4.48. The minimum Gasteiger partial charge on any atom is -0.310 e. The smallest absolute Gasteiger partial charge is 0.160 e. The van der Waals surface area contributed by atoms with Gasteiger partial charge in [0.25, 0.3) is 0 Å². The highest BCUT2D eigenvalue weighted by Crippen LogP contribution is 2.23. The third kappa shape index (κ3) is 2.51. The van der Waals surface area contributed by atoms with E-state index in [1.165, 1.54) is 0 Å². The van der Waals surface area contributed by atoms with E-state index in [-0.39, 0.29) is 0 Å². The lowest BCUT2D eigenvalue weighted by Crippen LogP contribution is -2.10. The molecule has 0 saturated carbocycles. The second-order valence-corrected chi connectivity index (χ2v) is 5.15. The minimum atomic E-state index is 0.424. The number of aryl methyl sites for hydroxylation is 2. The lowest BCUT2D eigenvalue weighted by molar-refractivity contribution is 0.493. The van der Waals surface area contributed by atoms with Crippen molar-refractivity contribution < 1.29 is 0 Å². The van der Waals surface area contributed by atoms with E-state index in [0.717, 1.165) is 41.9 Å². The summed E-state index contributed by atoms with van der Waals surface area (Å²) in [5, 5.41) is 0. The van der Waals surface area contributed by atoms with E-state index < -0.39 is 0 Å². The van der Waals surface area contributed by atoms with Crippen LogP contribution in [0.2, 0.25) is 0 Å². The first-order chi connectivity index (χ1) is 8.67. The summed E-state index contributed by atoms with van der Waals surface area (Å²) in [7, 11) is 0. The average molecular weight is 266 g/mol. The van der Waals surface area contributed by atoms with Gasteiger partial charge in [-0.05, 0) is 32.4 Å². The Bertz CT molecular complexity index is 533. The summed E-state index contributed by atoms with van der Waals surface area (Å²) < 4.78 is 2.26. The van der Waals surface area contributed by atoms with Crippen LogP contribution in [0.25, 0.3) is 11.2 Å². The van der Waals surface area contributed by atoms with Gasteiger partial charge in [0, 0.05) is 24.0 Å². The van der Waals surface area contributed by atoms with E-state index in [0.29, 0.717) is 11.9 Å². The lowest BCUT2D eigenvalue weighted by atomic mass is 10.2. The van der Waals surface area contributed by atoms with Crippen LogP contribution >= 0.6 is 11.6 Å². The van der Waals surface area contributed by atoms with E-state index in [2.05, 4.69) is 28.4 Å². The van der Waals surface area contributed by atoms with Crippen molar-refractivity contribution in [3.63, 3.8) is 0 Å². The fourth-order valence-corrected chi connectivity index (χ4v) is 2.56. The zero-order valence-corrected chi connectivity index (χ0v) is 12.0. The Balaban J connectivity index is 2.56. The molecule has 0 aromatic carbocycles. The normalized spacial score (nSPS) is 13.1. The van der Waals surface area contributed by atoms with Gasteiger partial charge < -0.3 is 4.57 Å². The molecule has 0 fully saturated rings. The van der Waals surface area contributed by atoms with Crippen molar-refractivity contribution >= 4 is 22.8 Å².